The molecule has 9 heteroatoms. The van der Waals surface area contributed by atoms with Crippen molar-refractivity contribution in [3.63, 3.8) is 0 Å². The molecule has 3 heterocycles. The van der Waals surface area contributed by atoms with E-state index in [1.807, 2.05) is 23.1 Å². The Labute approximate surface area is 177 Å². The minimum absolute atomic E-state index is 0.0977. The van der Waals surface area contributed by atoms with Gasteiger partial charge >= 0.3 is 0 Å². The van der Waals surface area contributed by atoms with Gasteiger partial charge < -0.3 is 10.6 Å². The molecular formula is C21H22FN5O2S. The molecule has 1 aromatic carbocycles. The summed E-state index contributed by atoms with van der Waals surface area (Å²) in [5.74, 6) is -0.653. The normalized spacial score (nSPS) is 19.5. The predicted molar refractivity (Wildman–Crippen MR) is 114 cm³/mol. The van der Waals surface area contributed by atoms with E-state index < -0.39 is 5.41 Å². The summed E-state index contributed by atoms with van der Waals surface area (Å²) in [6, 6.07) is 9.88. The number of anilines is 1. The fraction of sp³-hybridized carbons (Fsp3) is 0.333. The van der Waals surface area contributed by atoms with Crippen LogP contribution in [-0.2, 0) is 15.0 Å². The second kappa shape index (κ2) is 8.45. The number of halogens is 1. The topological polar surface area (TPSA) is 87.2 Å². The van der Waals surface area contributed by atoms with Crippen LogP contribution in [0, 0.1) is 5.82 Å². The van der Waals surface area contributed by atoms with Crippen molar-refractivity contribution < 1.29 is 14.0 Å². The van der Waals surface area contributed by atoms with Gasteiger partial charge in [0, 0.05) is 19.8 Å². The second-order valence-electron chi connectivity index (χ2n) is 7.37. The third-order valence-corrected chi connectivity index (χ3v) is 6.29. The number of fused-ring (bicyclic) bond motifs is 1. The molecule has 1 aliphatic heterocycles. The number of likely N-dealkylation sites (tertiary alicyclic amines) is 1. The van der Waals surface area contributed by atoms with Gasteiger partial charge in [-0.2, -0.15) is 0 Å². The molecular weight excluding hydrogens is 405 g/mol. The van der Waals surface area contributed by atoms with Gasteiger partial charge in [0.1, 0.15) is 11.2 Å². The zero-order chi connectivity index (χ0) is 21.1. The van der Waals surface area contributed by atoms with E-state index in [2.05, 4.69) is 20.6 Å². The number of hydrogen-bond acceptors (Lipinski definition) is 6. The van der Waals surface area contributed by atoms with Crippen molar-refractivity contribution in [2.24, 2.45) is 0 Å². The van der Waals surface area contributed by atoms with Gasteiger partial charge in [0.2, 0.25) is 11.8 Å². The van der Waals surface area contributed by atoms with E-state index in [0.717, 1.165) is 6.42 Å². The van der Waals surface area contributed by atoms with E-state index >= 15 is 0 Å². The van der Waals surface area contributed by atoms with Crippen molar-refractivity contribution >= 4 is 38.5 Å². The number of pyridine rings is 1. The number of carbonyl (C=O) groups excluding carboxylic acids is 2. The Hall–Kier alpha value is -2.91. The number of likely N-dealkylation sites (N-methyl/N-ethyl adjacent to an activating group) is 1. The monoisotopic (exact) mass is 427 g/mol. The highest BCUT2D eigenvalue weighted by Crippen LogP contribution is 2.33. The molecule has 0 aliphatic carbocycles. The van der Waals surface area contributed by atoms with E-state index in [9.17, 15) is 14.0 Å². The Balaban J connectivity index is 1.48. The van der Waals surface area contributed by atoms with Crippen LogP contribution in [0.5, 0.6) is 0 Å². The number of hydrogen-bond donors (Lipinski definition) is 2. The van der Waals surface area contributed by atoms with E-state index in [-0.39, 0.29) is 24.2 Å². The predicted octanol–water partition coefficient (Wildman–Crippen LogP) is 2.55. The average molecular weight is 428 g/mol. The lowest BCUT2D eigenvalue weighted by atomic mass is 9.75. The van der Waals surface area contributed by atoms with Gasteiger partial charge in [0.25, 0.3) is 0 Å². The Morgan fingerprint density at radius 3 is 2.93 bits per heavy atom. The Bertz CT molecular complexity index is 1070. The van der Waals surface area contributed by atoms with Crippen LogP contribution in [0.1, 0.15) is 18.5 Å². The number of amides is 2. The van der Waals surface area contributed by atoms with Crippen molar-refractivity contribution in [3.05, 3.63) is 54.1 Å². The summed E-state index contributed by atoms with van der Waals surface area (Å²) in [7, 11) is 1.62. The molecule has 30 heavy (non-hydrogen) atoms. The van der Waals surface area contributed by atoms with Crippen LogP contribution in [0.2, 0.25) is 0 Å². The molecule has 1 atom stereocenters. The molecule has 7 nitrogen and oxygen atoms in total. The highest BCUT2D eigenvalue weighted by molar-refractivity contribution is 7.22. The molecule has 0 radical (unpaired) electrons. The third-order valence-electron chi connectivity index (χ3n) is 5.35. The summed E-state index contributed by atoms with van der Waals surface area (Å²) in [4.78, 5) is 36.2. The van der Waals surface area contributed by atoms with Gasteiger partial charge in [-0.15, -0.1) is 0 Å². The van der Waals surface area contributed by atoms with Crippen LogP contribution in [0.25, 0.3) is 10.2 Å². The average Bonchev–Trinajstić information content (AvgIpc) is 3.14. The van der Waals surface area contributed by atoms with Crippen LogP contribution in [0.4, 0.5) is 9.52 Å². The zero-order valence-corrected chi connectivity index (χ0v) is 17.3. The van der Waals surface area contributed by atoms with E-state index in [0.29, 0.717) is 40.6 Å². The molecule has 0 bridgehead atoms. The molecule has 2 amide bonds. The summed E-state index contributed by atoms with van der Waals surface area (Å²) in [6.45, 7) is 1.25. The highest BCUT2D eigenvalue weighted by Gasteiger charge is 2.44. The van der Waals surface area contributed by atoms with Crippen LogP contribution in [0.15, 0.2) is 42.6 Å². The Morgan fingerprint density at radius 1 is 1.30 bits per heavy atom. The van der Waals surface area contributed by atoms with Gasteiger partial charge in [-0.1, -0.05) is 17.4 Å². The number of benzene rings is 1. The molecule has 0 unspecified atom stereocenters. The Morgan fingerprint density at radius 2 is 2.17 bits per heavy atom. The van der Waals surface area contributed by atoms with Crippen molar-refractivity contribution in [3.8, 4) is 0 Å². The first-order valence-electron chi connectivity index (χ1n) is 9.72. The van der Waals surface area contributed by atoms with Gasteiger partial charge in [0.15, 0.2) is 5.13 Å². The van der Waals surface area contributed by atoms with Crippen LogP contribution >= 0.6 is 11.3 Å². The SMILES string of the molecule is CNC(=O)[C@]1(c2ccccn2)CCCN(CC(=O)Nc2nc3ccc(F)cc3s2)C1. The molecule has 4 rings (SSSR count). The molecule has 1 saturated heterocycles. The maximum Gasteiger partial charge on any atom is 0.240 e. The lowest BCUT2D eigenvalue weighted by Crippen LogP contribution is -2.55. The molecule has 2 N–H and O–H groups in total. The van der Waals surface area contributed by atoms with Crippen LogP contribution in [-0.4, -0.2) is 53.4 Å². The number of aromatic nitrogens is 2. The second-order valence-corrected chi connectivity index (χ2v) is 8.40. The third kappa shape index (κ3) is 4.03. The quantitative estimate of drug-likeness (QED) is 0.654. The van der Waals surface area contributed by atoms with Crippen molar-refractivity contribution in [1.29, 1.82) is 0 Å². The molecule has 2 aromatic heterocycles. The summed E-state index contributed by atoms with van der Waals surface area (Å²) < 4.78 is 14.0. The van der Waals surface area contributed by atoms with E-state index in [1.54, 1.807) is 19.3 Å². The summed E-state index contributed by atoms with van der Waals surface area (Å²) >= 11 is 1.23. The number of nitrogens with zero attached hydrogens (tertiary/aromatic N) is 3. The maximum atomic E-state index is 13.4. The van der Waals surface area contributed by atoms with Crippen LogP contribution < -0.4 is 10.6 Å². The molecule has 0 spiro atoms. The van der Waals surface area contributed by atoms with Crippen molar-refractivity contribution in [1.82, 2.24) is 20.2 Å². The molecule has 1 aliphatic rings. The maximum absolute atomic E-state index is 13.4. The minimum Gasteiger partial charge on any atom is -0.358 e. The standard InChI is InChI=1S/C21H22FN5O2S/c1-23-19(29)21(17-5-2-3-9-24-17)8-4-10-27(13-21)12-18(28)26-20-25-15-7-6-14(22)11-16(15)30-20/h2-3,5-7,9,11H,4,8,10,12-13H2,1H3,(H,23,29)(H,25,26,28)/t21-/m1/s1. The van der Waals surface area contributed by atoms with Crippen LogP contribution in [0.3, 0.4) is 0 Å². The first-order chi connectivity index (χ1) is 14.5. The van der Waals surface area contributed by atoms with Gasteiger partial charge in [-0.25, -0.2) is 9.37 Å². The van der Waals surface area contributed by atoms with E-state index in [4.69, 9.17) is 0 Å². The molecule has 0 saturated carbocycles. The first kappa shape index (κ1) is 20.4. The summed E-state index contributed by atoms with van der Waals surface area (Å²) in [5.41, 5.74) is 0.563. The van der Waals surface area contributed by atoms with Crippen molar-refractivity contribution in [2.75, 3.05) is 32.0 Å². The summed E-state index contributed by atoms with van der Waals surface area (Å²) in [5, 5.41) is 5.99. The number of piperidine rings is 1. The highest BCUT2D eigenvalue weighted by atomic mass is 32.1. The Kier molecular flexibility index (Phi) is 5.74. The fourth-order valence-corrected chi connectivity index (χ4v) is 4.90. The number of nitrogens with one attached hydrogen (secondary N) is 2. The lowest BCUT2D eigenvalue weighted by Gasteiger charge is -2.40. The van der Waals surface area contributed by atoms with Crippen molar-refractivity contribution in [2.45, 2.75) is 18.3 Å². The molecule has 1 fully saturated rings. The first-order valence-corrected chi connectivity index (χ1v) is 10.5. The fourth-order valence-electron chi connectivity index (χ4n) is 3.99. The number of rotatable bonds is 5. The van der Waals surface area contributed by atoms with Gasteiger partial charge in [-0.05, 0) is 49.7 Å². The van der Waals surface area contributed by atoms with E-state index in [1.165, 1.54) is 23.5 Å². The lowest BCUT2D eigenvalue weighted by molar-refractivity contribution is -0.130. The number of thiazole rings is 1. The van der Waals surface area contributed by atoms with Gasteiger partial charge in [-0.3, -0.25) is 19.5 Å². The zero-order valence-electron chi connectivity index (χ0n) is 16.5. The largest absolute Gasteiger partial charge is 0.358 e. The molecule has 156 valence electrons. The number of carbonyl (C=O) groups is 2. The summed E-state index contributed by atoms with van der Waals surface area (Å²) in [6.07, 6.45) is 3.13. The smallest absolute Gasteiger partial charge is 0.240 e. The molecule has 3 aromatic rings. The van der Waals surface area contributed by atoms with Gasteiger partial charge in [0.05, 0.1) is 22.5 Å². The minimum atomic E-state index is -0.790.